The van der Waals surface area contributed by atoms with Crippen LogP contribution in [-0.4, -0.2) is 23.7 Å². The van der Waals surface area contributed by atoms with Crippen LogP contribution in [0.25, 0.3) is 0 Å². The first-order chi connectivity index (χ1) is 8.65. The molecule has 1 amide bonds. The van der Waals surface area contributed by atoms with E-state index in [0.717, 1.165) is 30.8 Å². The lowest BCUT2D eigenvalue weighted by molar-refractivity contribution is -0.120. The maximum absolute atomic E-state index is 11.2. The van der Waals surface area contributed by atoms with Gasteiger partial charge in [-0.3, -0.25) is 4.79 Å². The highest BCUT2D eigenvalue weighted by Gasteiger charge is 2.16. The summed E-state index contributed by atoms with van der Waals surface area (Å²) in [6, 6.07) is 2.38. The highest BCUT2D eigenvalue weighted by molar-refractivity contribution is 5.76. The van der Waals surface area contributed by atoms with Crippen LogP contribution in [-0.2, 0) is 11.3 Å². The van der Waals surface area contributed by atoms with Crippen LogP contribution in [0.1, 0.15) is 50.5 Å². The molecular weight excluding hydrogens is 230 g/mol. The maximum Gasteiger partial charge on any atom is 0.220 e. The molecule has 1 fully saturated rings. The van der Waals surface area contributed by atoms with E-state index in [1.54, 1.807) is 0 Å². The van der Waals surface area contributed by atoms with Crippen molar-refractivity contribution in [2.24, 2.45) is 0 Å². The van der Waals surface area contributed by atoms with Crippen LogP contribution in [0.3, 0.4) is 0 Å². The van der Waals surface area contributed by atoms with Crippen LogP contribution < -0.4 is 10.6 Å². The number of rotatable bonds is 4. The van der Waals surface area contributed by atoms with Gasteiger partial charge in [0.1, 0.15) is 5.76 Å². The highest BCUT2D eigenvalue weighted by Crippen LogP contribution is 2.15. The Labute approximate surface area is 107 Å². The van der Waals surface area contributed by atoms with E-state index in [1.807, 2.05) is 6.07 Å². The number of nitrogens with zero attached hydrogens (tertiary/aromatic N) is 1. The Morgan fingerprint density at radius 3 is 3.11 bits per heavy atom. The van der Waals surface area contributed by atoms with Crippen LogP contribution in [0.4, 0.5) is 0 Å². The number of carbonyl (C=O) groups is 1. The molecule has 1 aliphatic rings. The lowest BCUT2D eigenvalue weighted by atomic mass is 10.1. The van der Waals surface area contributed by atoms with Gasteiger partial charge in [0.05, 0.1) is 5.69 Å². The van der Waals surface area contributed by atoms with Crippen molar-refractivity contribution in [3.63, 3.8) is 0 Å². The Morgan fingerprint density at radius 1 is 1.56 bits per heavy atom. The van der Waals surface area contributed by atoms with Gasteiger partial charge in [-0.2, -0.15) is 0 Å². The van der Waals surface area contributed by atoms with Gasteiger partial charge in [-0.25, -0.2) is 0 Å². The minimum atomic E-state index is 0.155. The summed E-state index contributed by atoms with van der Waals surface area (Å²) < 4.78 is 5.25. The fourth-order valence-corrected chi connectivity index (χ4v) is 2.06. The van der Waals surface area contributed by atoms with Gasteiger partial charge in [-0.15, -0.1) is 0 Å². The molecule has 2 heterocycles. The van der Waals surface area contributed by atoms with E-state index in [-0.39, 0.29) is 5.91 Å². The third kappa shape index (κ3) is 3.57. The first-order valence-electron chi connectivity index (χ1n) is 6.60. The Hall–Kier alpha value is -1.36. The fourth-order valence-electron chi connectivity index (χ4n) is 2.06. The first-order valence-corrected chi connectivity index (χ1v) is 6.60. The lowest BCUT2D eigenvalue weighted by Gasteiger charge is -2.13. The van der Waals surface area contributed by atoms with Crippen molar-refractivity contribution in [3.8, 4) is 0 Å². The van der Waals surface area contributed by atoms with Crippen molar-refractivity contribution in [2.45, 2.75) is 51.6 Å². The summed E-state index contributed by atoms with van der Waals surface area (Å²) in [7, 11) is 0. The number of hydrogen-bond acceptors (Lipinski definition) is 4. The second kappa shape index (κ2) is 6.00. The Bertz CT molecular complexity index is 401. The van der Waals surface area contributed by atoms with Crippen LogP contribution >= 0.6 is 0 Å². The van der Waals surface area contributed by atoms with Crippen molar-refractivity contribution in [3.05, 3.63) is 17.5 Å². The number of aromatic nitrogens is 1. The molecule has 2 rings (SSSR count). The SMILES string of the molecule is CC(C)c1cc(CN[C@H]2CCNC(=O)CC2)no1. The molecule has 1 atom stereocenters. The van der Waals surface area contributed by atoms with Crippen LogP contribution in [0, 0.1) is 0 Å². The highest BCUT2D eigenvalue weighted by atomic mass is 16.5. The van der Waals surface area contributed by atoms with Crippen molar-refractivity contribution < 1.29 is 9.32 Å². The molecular formula is C13H21N3O2. The van der Waals surface area contributed by atoms with Crippen molar-refractivity contribution in [1.82, 2.24) is 15.8 Å². The number of nitrogens with one attached hydrogen (secondary N) is 2. The number of carbonyl (C=O) groups excluding carboxylic acids is 1. The van der Waals surface area contributed by atoms with E-state index in [4.69, 9.17) is 4.52 Å². The minimum Gasteiger partial charge on any atom is -0.361 e. The molecule has 0 spiro atoms. The van der Waals surface area contributed by atoms with Crippen LogP contribution in [0.15, 0.2) is 10.6 Å². The Balaban J connectivity index is 1.81. The third-order valence-electron chi connectivity index (χ3n) is 3.25. The van der Waals surface area contributed by atoms with Gasteiger partial charge < -0.3 is 15.2 Å². The van der Waals surface area contributed by atoms with Gasteiger partial charge in [0, 0.05) is 37.5 Å². The molecule has 1 aromatic heterocycles. The molecule has 2 N–H and O–H groups in total. The van der Waals surface area contributed by atoms with Gasteiger partial charge in [0.2, 0.25) is 5.91 Å². The summed E-state index contributed by atoms with van der Waals surface area (Å²) in [4.78, 5) is 11.2. The first kappa shape index (κ1) is 13.1. The molecule has 5 heteroatoms. The van der Waals surface area contributed by atoms with Crippen LogP contribution in [0.5, 0.6) is 0 Å². The summed E-state index contributed by atoms with van der Waals surface area (Å²) in [5.74, 6) is 1.44. The molecule has 0 radical (unpaired) electrons. The monoisotopic (exact) mass is 251 g/mol. The quantitative estimate of drug-likeness (QED) is 0.852. The summed E-state index contributed by atoms with van der Waals surface area (Å²) in [6.45, 7) is 5.63. The molecule has 1 aromatic rings. The van der Waals surface area contributed by atoms with Gasteiger partial charge in [-0.05, 0) is 12.8 Å². The second-order valence-electron chi connectivity index (χ2n) is 5.13. The Kier molecular flexibility index (Phi) is 4.36. The maximum atomic E-state index is 11.2. The summed E-state index contributed by atoms with van der Waals surface area (Å²) >= 11 is 0. The zero-order valence-corrected chi connectivity index (χ0v) is 11.0. The molecule has 100 valence electrons. The van der Waals surface area contributed by atoms with Gasteiger partial charge in [-0.1, -0.05) is 19.0 Å². The smallest absolute Gasteiger partial charge is 0.220 e. The van der Waals surface area contributed by atoms with Gasteiger partial charge in [0.25, 0.3) is 0 Å². The Morgan fingerprint density at radius 2 is 2.39 bits per heavy atom. The zero-order valence-electron chi connectivity index (χ0n) is 11.0. The summed E-state index contributed by atoms with van der Waals surface area (Å²) in [6.07, 6.45) is 2.47. The predicted molar refractivity (Wildman–Crippen MR) is 68.1 cm³/mol. The minimum absolute atomic E-state index is 0.155. The molecule has 0 saturated carbocycles. The molecule has 0 bridgehead atoms. The van der Waals surface area contributed by atoms with Gasteiger partial charge in [0.15, 0.2) is 0 Å². The van der Waals surface area contributed by atoms with Crippen molar-refractivity contribution >= 4 is 5.91 Å². The molecule has 5 nitrogen and oxygen atoms in total. The topological polar surface area (TPSA) is 67.2 Å². The van der Waals surface area contributed by atoms with Crippen molar-refractivity contribution in [2.75, 3.05) is 6.54 Å². The average Bonchev–Trinajstić information content (AvgIpc) is 2.72. The largest absolute Gasteiger partial charge is 0.361 e. The van der Waals surface area contributed by atoms with Gasteiger partial charge >= 0.3 is 0 Å². The normalized spacial score (nSPS) is 20.8. The van der Waals surface area contributed by atoms with E-state index in [9.17, 15) is 4.79 Å². The fraction of sp³-hybridized carbons (Fsp3) is 0.692. The van der Waals surface area contributed by atoms with E-state index >= 15 is 0 Å². The van der Waals surface area contributed by atoms with E-state index in [1.165, 1.54) is 0 Å². The predicted octanol–water partition coefficient (Wildman–Crippen LogP) is 1.56. The molecule has 0 aliphatic carbocycles. The van der Waals surface area contributed by atoms with Crippen molar-refractivity contribution in [1.29, 1.82) is 0 Å². The lowest BCUT2D eigenvalue weighted by Crippen LogP contribution is -2.29. The van der Waals surface area contributed by atoms with E-state index < -0.39 is 0 Å². The summed E-state index contributed by atoms with van der Waals surface area (Å²) in [5.41, 5.74) is 0.933. The second-order valence-corrected chi connectivity index (χ2v) is 5.13. The molecule has 0 aromatic carbocycles. The molecule has 0 unspecified atom stereocenters. The summed E-state index contributed by atoms with van der Waals surface area (Å²) in [5, 5.41) is 10.4. The molecule has 18 heavy (non-hydrogen) atoms. The molecule has 1 aliphatic heterocycles. The van der Waals surface area contributed by atoms with E-state index in [0.29, 0.717) is 24.9 Å². The standard InChI is InChI=1S/C13H21N3O2/c1-9(2)12-7-11(16-18-12)8-15-10-3-4-13(17)14-6-5-10/h7,9-10,15H,3-6,8H2,1-2H3,(H,14,17)/t10-/m1/s1. The molecule has 1 saturated heterocycles. The van der Waals surface area contributed by atoms with E-state index in [2.05, 4.69) is 29.6 Å². The van der Waals surface area contributed by atoms with Crippen LogP contribution in [0.2, 0.25) is 0 Å². The third-order valence-corrected chi connectivity index (χ3v) is 3.25. The average molecular weight is 251 g/mol. The number of hydrogen-bond donors (Lipinski definition) is 2. The number of amides is 1. The zero-order chi connectivity index (χ0) is 13.0.